The van der Waals surface area contributed by atoms with Crippen molar-refractivity contribution in [2.24, 2.45) is 0 Å². The van der Waals surface area contributed by atoms with Crippen LogP contribution in [0.4, 0.5) is 0 Å². The Hall–Kier alpha value is -0.280. The minimum Gasteiger partial charge on any atom is -0.396 e. The van der Waals surface area contributed by atoms with Crippen molar-refractivity contribution in [3.05, 3.63) is 0 Å². The zero-order valence-corrected chi connectivity index (χ0v) is 11.7. The minimum atomic E-state index is -0.352. The zero-order chi connectivity index (χ0) is 14.8. The van der Waals surface area contributed by atoms with Crippen molar-refractivity contribution in [3.8, 4) is 0 Å². The smallest absolute Gasteiger partial charge is 0.0701 e. The molecule has 0 heterocycles. The molecule has 19 heavy (non-hydrogen) atoms. The third kappa shape index (κ3) is 27.1. The van der Waals surface area contributed by atoms with Gasteiger partial charge >= 0.3 is 0 Å². The summed E-state index contributed by atoms with van der Waals surface area (Å²) in [5.74, 6) is 0. The minimum absolute atomic E-state index is 0.0413. The Labute approximate surface area is 114 Å². The maximum Gasteiger partial charge on any atom is 0.0701 e. The molecule has 0 bridgehead atoms. The van der Waals surface area contributed by atoms with Crippen LogP contribution in [-0.4, -0.2) is 86.0 Å². The second-order valence-electron chi connectivity index (χ2n) is 3.65. The number of aliphatic hydroxyl groups is 4. The van der Waals surface area contributed by atoms with E-state index in [0.717, 1.165) is 0 Å². The van der Waals surface area contributed by atoms with Crippen LogP contribution in [0.3, 0.4) is 0 Å². The van der Waals surface area contributed by atoms with Crippen molar-refractivity contribution in [2.45, 2.75) is 19.4 Å². The lowest BCUT2D eigenvalue weighted by Gasteiger charge is -2.04. The SMILES string of the molecule is CC(O)CCO.OCCOCCOCCOCCO. The third-order valence-electron chi connectivity index (χ3n) is 1.76. The Balaban J connectivity index is 0. The molecule has 0 aromatic rings. The van der Waals surface area contributed by atoms with E-state index >= 15 is 0 Å². The van der Waals surface area contributed by atoms with Crippen LogP contribution in [0.5, 0.6) is 0 Å². The number of hydrogen-bond acceptors (Lipinski definition) is 7. The van der Waals surface area contributed by atoms with Crippen molar-refractivity contribution < 1.29 is 34.6 Å². The van der Waals surface area contributed by atoms with Crippen LogP contribution in [0, 0.1) is 0 Å². The van der Waals surface area contributed by atoms with Crippen LogP contribution >= 0.6 is 0 Å². The number of rotatable bonds is 12. The summed E-state index contributed by atoms with van der Waals surface area (Å²) >= 11 is 0. The Morgan fingerprint density at radius 2 is 1.05 bits per heavy atom. The second-order valence-corrected chi connectivity index (χ2v) is 3.65. The lowest BCUT2D eigenvalue weighted by molar-refractivity contribution is 0.00230. The molecule has 0 amide bonds. The van der Waals surface area contributed by atoms with Crippen molar-refractivity contribution in [2.75, 3.05) is 59.5 Å². The normalized spacial score (nSPS) is 11.8. The van der Waals surface area contributed by atoms with Gasteiger partial charge in [-0.25, -0.2) is 0 Å². The maximum absolute atomic E-state index is 8.39. The number of ether oxygens (including phenoxy) is 3. The molecule has 0 aliphatic carbocycles. The highest BCUT2D eigenvalue weighted by molar-refractivity contribution is 4.40. The summed E-state index contributed by atoms with van der Waals surface area (Å²) in [6, 6.07) is 0. The largest absolute Gasteiger partial charge is 0.396 e. The van der Waals surface area contributed by atoms with Crippen LogP contribution in [-0.2, 0) is 14.2 Å². The van der Waals surface area contributed by atoms with Gasteiger partial charge in [-0.1, -0.05) is 0 Å². The predicted octanol–water partition coefficient (Wildman–Crippen LogP) is -1.23. The van der Waals surface area contributed by atoms with Crippen LogP contribution in [0.15, 0.2) is 0 Å². The Morgan fingerprint density at radius 1 is 0.684 bits per heavy atom. The van der Waals surface area contributed by atoms with Gasteiger partial charge in [0.25, 0.3) is 0 Å². The predicted molar refractivity (Wildman–Crippen MR) is 70.0 cm³/mol. The fourth-order valence-electron chi connectivity index (χ4n) is 0.858. The van der Waals surface area contributed by atoms with E-state index in [0.29, 0.717) is 46.1 Å². The summed E-state index contributed by atoms with van der Waals surface area (Å²) in [4.78, 5) is 0. The van der Waals surface area contributed by atoms with Gasteiger partial charge in [0.05, 0.1) is 59.0 Å². The molecule has 0 aliphatic rings. The van der Waals surface area contributed by atoms with E-state index < -0.39 is 0 Å². The topological polar surface area (TPSA) is 109 Å². The fraction of sp³-hybridized carbons (Fsp3) is 1.00. The quantitative estimate of drug-likeness (QED) is 0.332. The lowest BCUT2D eigenvalue weighted by Crippen LogP contribution is -2.11. The van der Waals surface area contributed by atoms with Gasteiger partial charge in [-0.05, 0) is 13.3 Å². The average Bonchev–Trinajstić information content (AvgIpc) is 2.37. The molecule has 1 atom stereocenters. The summed E-state index contributed by atoms with van der Waals surface area (Å²) in [6.07, 6.45) is 0.134. The van der Waals surface area contributed by atoms with E-state index in [4.69, 9.17) is 34.6 Å². The van der Waals surface area contributed by atoms with Gasteiger partial charge in [0.15, 0.2) is 0 Å². The number of aliphatic hydroxyl groups excluding tert-OH is 4. The molecule has 1 unspecified atom stereocenters. The van der Waals surface area contributed by atoms with Crippen LogP contribution in [0.2, 0.25) is 0 Å². The lowest BCUT2D eigenvalue weighted by atomic mass is 10.3. The van der Waals surface area contributed by atoms with Gasteiger partial charge in [0, 0.05) is 6.61 Å². The van der Waals surface area contributed by atoms with E-state index in [1.54, 1.807) is 6.92 Å². The van der Waals surface area contributed by atoms with Gasteiger partial charge in [0.1, 0.15) is 0 Å². The molecule has 7 heteroatoms. The van der Waals surface area contributed by atoms with Crippen molar-refractivity contribution in [3.63, 3.8) is 0 Å². The summed E-state index contributed by atoms with van der Waals surface area (Å²) < 4.78 is 15.0. The Morgan fingerprint density at radius 3 is 1.26 bits per heavy atom. The van der Waals surface area contributed by atoms with Gasteiger partial charge in [-0.15, -0.1) is 0 Å². The highest BCUT2D eigenvalue weighted by atomic mass is 16.5. The second kappa shape index (κ2) is 20.0. The monoisotopic (exact) mass is 284 g/mol. The van der Waals surface area contributed by atoms with Crippen LogP contribution in [0.1, 0.15) is 13.3 Å². The van der Waals surface area contributed by atoms with E-state index in [2.05, 4.69) is 0 Å². The Kier molecular flexibility index (Phi) is 22.2. The van der Waals surface area contributed by atoms with E-state index in [9.17, 15) is 0 Å². The number of hydrogen-bond donors (Lipinski definition) is 4. The highest BCUT2D eigenvalue weighted by Crippen LogP contribution is 1.83. The molecule has 0 saturated heterocycles. The van der Waals surface area contributed by atoms with E-state index in [1.165, 1.54) is 0 Å². The van der Waals surface area contributed by atoms with Gasteiger partial charge in [0.2, 0.25) is 0 Å². The first kappa shape index (κ1) is 21.0. The standard InChI is InChI=1S/C8H18O5.C4H10O2/c9-1-3-11-5-7-13-8-6-12-4-2-10;1-4(6)2-3-5/h9-10H,1-8H2;4-6H,2-3H2,1H3. The van der Waals surface area contributed by atoms with Crippen molar-refractivity contribution in [1.29, 1.82) is 0 Å². The van der Waals surface area contributed by atoms with Gasteiger partial charge in [-0.3, -0.25) is 0 Å². The summed E-state index contributed by atoms with van der Waals surface area (Å²) in [7, 11) is 0. The molecule has 0 aromatic carbocycles. The molecule has 0 aliphatic heterocycles. The molecule has 0 aromatic heterocycles. The van der Waals surface area contributed by atoms with Gasteiger partial charge in [-0.2, -0.15) is 0 Å². The first-order chi connectivity index (χ1) is 9.18. The maximum atomic E-state index is 8.39. The van der Waals surface area contributed by atoms with Crippen molar-refractivity contribution >= 4 is 0 Å². The zero-order valence-electron chi connectivity index (χ0n) is 11.7. The first-order valence-electron chi connectivity index (χ1n) is 6.42. The average molecular weight is 284 g/mol. The fourth-order valence-corrected chi connectivity index (χ4v) is 0.858. The highest BCUT2D eigenvalue weighted by Gasteiger charge is 1.90. The molecule has 118 valence electrons. The van der Waals surface area contributed by atoms with Crippen LogP contribution < -0.4 is 0 Å². The summed E-state index contributed by atoms with van der Waals surface area (Å²) in [6.45, 7) is 4.49. The first-order valence-corrected chi connectivity index (χ1v) is 6.42. The van der Waals surface area contributed by atoms with Crippen LogP contribution in [0.25, 0.3) is 0 Å². The molecule has 7 nitrogen and oxygen atoms in total. The van der Waals surface area contributed by atoms with E-state index in [-0.39, 0.29) is 25.9 Å². The molecule has 0 fully saturated rings. The Bertz CT molecular complexity index is 134. The summed E-state index contributed by atoms with van der Waals surface area (Å²) in [5, 5.41) is 33.2. The molecule has 4 N–H and O–H groups in total. The third-order valence-corrected chi connectivity index (χ3v) is 1.76. The van der Waals surface area contributed by atoms with Gasteiger partial charge < -0.3 is 34.6 Å². The summed E-state index contributed by atoms with van der Waals surface area (Å²) in [5.41, 5.74) is 0. The van der Waals surface area contributed by atoms with E-state index in [1.807, 2.05) is 0 Å². The molecule has 0 rings (SSSR count). The van der Waals surface area contributed by atoms with Crippen molar-refractivity contribution in [1.82, 2.24) is 0 Å². The molecular formula is C12H28O7. The molecule has 0 saturated carbocycles. The molecular weight excluding hydrogens is 256 g/mol. The molecule has 0 spiro atoms. The molecule has 0 radical (unpaired) electrons.